The number of fused-ring (bicyclic) bond motifs is 2. The molecule has 0 radical (unpaired) electrons. The first-order chi connectivity index (χ1) is 20.8. The van der Waals surface area contributed by atoms with E-state index in [0.29, 0.717) is 43.8 Å². The zero-order valence-corrected chi connectivity index (χ0v) is 28.3. The van der Waals surface area contributed by atoms with Gasteiger partial charge in [-0.25, -0.2) is 0 Å². The van der Waals surface area contributed by atoms with E-state index in [4.69, 9.17) is 23.9 Å². The minimum absolute atomic E-state index is 0.0309. The zero-order valence-electron chi connectivity index (χ0n) is 26.5. The molecule has 8 heteroatoms. The highest BCUT2D eigenvalue weighted by molar-refractivity contribution is 8.00. The average Bonchev–Trinajstić information content (AvgIpc) is 3.52. The molecule has 0 N–H and O–H groups in total. The summed E-state index contributed by atoms with van der Waals surface area (Å²) < 4.78 is 23.8. The Morgan fingerprint density at radius 1 is 1.07 bits per heavy atom. The Hall–Kier alpha value is -1.94. The molecule has 2 aromatic carbocycles. The van der Waals surface area contributed by atoms with Crippen molar-refractivity contribution in [3.63, 3.8) is 0 Å². The standard InChI is InChI=1S/C35H48N2O4SSi/c1-6-42-33-21-37-20-26(15-16-39-22-25-11-13-27(38-2)14-12-25)28-19-32(37)35(33)30-9-7-8-10-31(30)36-34(35)29(28)23-41-24-40-17-18-43(3,4)5/h7-15,28-29,32-33H,6,16-24H2,1-5H3/b26-15-/t28-,29-,32-,33+,35?/m0/s1. The maximum absolute atomic E-state index is 6.36. The van der Waals surface area contributed by atoms with E-state index in [1.54, 1.807) is 7.11 Å². The number of rotatable bonds is 14. The molecule has 3 fully saturated rings. The van der Waals surface area contributed by atoms with Gasteiger partial charge in [-0.1, -0.05) is 68.5 Å². The van der Waals surface area contributed by atoms with Crippen LogP contribution in [0.15, 0.2) is 65.2 Å². The predicted molar refractivity (Wildman–Crippen MR) is 180 cm³/mol. The topological polar surface area (TPSA) is 52.5 Å². The molecule has 232 valence electrons. The van der Waals surface area contributed by atoms with Gasteiger partial charge in [0.15, 0.2) is 0 Å². The second-order valence-electron chi connectivity index (χ2n) is 13.6. The Morgan fingerprint density at radius 2 is 1.88 bits per heavy atom. The van der Waals surface area contributed by atoms with Crippen molar-refractivity contribution in [1.29, 1.82) is 0 Å². The molecule has 2 saturated heterocycles. The van der Waals surface area contributed by atoms with Crippen LogP contribution in [-0.4, -0.2) is 82.5 Å². The Balaban J connectivity index is 1.23. The number of thioether (sulfide) groups is 1. The van der Waals surface area contributed by atoms with E-state index >= 15 is 0 Å². The first-order valence-electron chi connectivity index (χ1n) is 15.9. The number of hydrogen-bond donors (Lipinski definition) is 0. The third kappa shape index (κ3) is 6.16. The van der Waals surface area contributed by atoms with Crippen LogP contribution in [0.5, 0.6) is 5.75 Å². The fourth-order valence-electron chi connectivity index (χ4n) is 7.75. The summed E-state index contributed by atoms with van der Waals surface area (Å²) in [7, 11) is 0.566. The van der Waals surface area contributed by atoms with Crippen molar-refractivity contribution in [2.24, 2.45) is 16.8 Å². The van der Waals surface area contributed by atoms with Crippen LogP contribution in [0, 0.1) is 11.8 Å². The number of hydrogen-bond acceptors (Lipinski definition) is 7. The highest BCUT2D eigenvalue weighted by atomic mass is 32.2. The molecule has 43 heavy (non-hydrogen) atoms. The van der Waals surface area contributed by atoms with E-state index in [2.05, 4.69) is 85.7 Å². The number of methoxy groups -OCH3 is 1. The van der Waals surface area contributed by atoms with Gasteiger partial charge in [-0.15, -0.1) is 0 Å². The van der Waals surface area contributed by atoms with Crippen LogP contribution in [0.3, 0.4) is 0 Å². The van der Waals surface area contributed by atoms with E-state index in [1.807, 2.05) is 12.1 Å². The minimum Gasteiger partial charge on any atom is -0.497 e. The lowest BCUT2D eigenvalue weighted by molar-refractivity contribution is -0.0621. The number of ether oxygens (including phenoxy) is 4. The molecule has 0 aromatic heterocycles. The average molecular weight is 621 g/mol. The molecule has 1 spiro atoms. The first kappa shape index (κ1) is 31.1. The normalized spacial score (nSPS) is 28.6. The van der Waals surface area contributed by atoms with Crippen molar-refractivity contribution < 1.29 is 18.9 Å². The molecule has 1 saturated carbocycles. The molecule has 2 bridgehead atoms. The molecule has 6 nitrogen and oxygen atoms in total. The second-order valence-corrected chi connectivity index (χ2v) is 20.7. The van der Waals surface area contributed by atoms with Crippen LogP contribution in [-0.2, 0) is 26.2 Å². The fourth-order valence-corrected chi connectivity index (χ4v) is 9.87. The van der Waals surface area contributed by atoms with Crippen molar-refractivity contribution in [3.8, 4) is 5.75 Å². The molecule has 3 heterocycles. The highest BCUT2D eigenvalue weighted by Gasteiger charge is 2.67. The van der Waals surface area contributed by atoms with Crippen molar-refractivity contribution in [2.45, 2.75) is 62.3 Å². The van der Waals surface area contributed by atoms with Gasteiger partial charge in [0, 0.05) is 50.7 Å². The van der Waals surface area contributed by atoms with Crippen molar-refractivity contribution in [2.75, 3.05) is 52.6 Å². The first-order valence-corrected chi connectivity index (χ1v) is 20.7. The lowest BCUT2D eigenvalue weighted by Gasteiger charge is -2.53. The minimum atomic E-state index is -1.13. The van der Waals surface area contributed by atoms with Gasteiger partial charge in [0.05, 0.1) is 38.0 Å². The molecular formula is C35H48N2O4SSi. The van der Waals surface area contributed by atoms with E-state index in [-0.39, 0.29) is 11.3 Å². The van der Waals surface area contributed by atoms with Gasteiger partial charge in [-0.2, -0.15) is 11.8 Å². The highest BCUT2D eigenvalue weighted by Crippen LogP contribution is 2.61. The molecule has 5 atom stereocenters. The van der Waals surface area contributed by atoms with Crippen molar-refractivity contribution >= 4 is 31.2 Å². The van der Waals surface area contributed by atoms with Gasteiger partial charge in [0.25, 0.3) is 0 Å². The maximum atomic E-state index is 6.36. The lowest BCUT2D eigenvalue weighted by Crippen LogP contribution is -2.62. The summed E-state index contributed by atoms with van der Waals surface area (Å²) in [4.78, 5) is 8.22. The van der Waals surface area contributed by atoms with Gasteiger partial charge in [-0.05, 0) is 53.5 Å². The second kappa shape index (κ2) is 13.2. The SMILES string of the molecule is CCS[C@@H]1CN2C/C(=C/COCc3ccc(OC)cc3)[C@@H]3C[C@H]2C12C(=Nc1ccccc12)[C@H]3COCOCC[Si](C)(C)C. The van der Waals surface area contributed by atoms with Crippen molar-refractivity contribution in [1.82, 2.24) is 4.90 Å². The molecule has 3 aliphatic heterocycles. The largest absolute Gasteiger partial charge is 0.497 e. The van der Waals surface area contributed by atoms with Crippen LogP contribution < -0.4 is 4.74 Å². The predicted octanol–water partition coefficient (Wildman–Crippen LogP) is 6.95. The van der Waals surface area contributed by atoms with E-state index in [9.17, 15) is 0 Å². The monoisotopic (exact) mass is 620 g/mol. The summed E-state index contributed by atoms with van der Waals surface area (Å²) >= 11 is 2.12. The summed E-state index contributed by atoms with van der Waals surface area (Å²) in [5.41, 5.74) is 6.57. The summed E-state index contributed by atoms with van der Waals surface area (Å²) in [6.45, 7) is 14.5. The lowest BCUT2D eigenvalue weighted by atomic mass is 9.56. The molecule has 1 aliphatic carbocycles. The molecule has 4 aliphatic rings. The zero-order chi connectivity index (χ0) is 30.0. The van der Waals surface area contributed by atoms with Gasteiger partial charge < -0.3 is 18.9 Å². The molecule has 0 amide bonds. The Bertz CT molecular complexity index is 1330. The van der Waals surface area contributed by atoms with Crippen molar-refractivity contribution in [3.05, 3.63) is 71.3 Å². The molecule has 1 unspecified atom stereocenters. The summed E-state index contributed by atoms with van der Waals surface area (Å²) in [5, 5.41) is 0.493. The summed E-state index contributed by atoms with van der Waals surface area (Å²) in [6, 6.07) is 18.7. The quantitative estimate of drug-likeness (QED) is 0.0987. The van der Waals surface area contributed by atoms with Crippen LogP contribution in [0.4, 0.5) is 5.69 Å². The van der Waals surface area contributed by atoms with Gasteiger partial charge in [0.2, 0.25) is 0 Å². The molecular weight excluding hydrogens is 573 g/mol. The smallest absolute Gasteiger partial charge is 0.146 e. The maximum Gasteiger partial charge on any atom is 0.146 e. The van der Waals surface area contributed by atoms with Crippen LogP contribution in [0.1, 0.15) is 24.5 Å². The van der Waals surface area contributed by atoms with Gasteiger partial charge in [-0.3, -0.25) is 9.89 Å². The number of piperidine rings is 1. The van der Waals surface area contributed by atoms with E-state index < -0.39 is 8.07 Å². The van der Waals surface area contributed by atoms with Crippen LogP contribution in [0.25, 0.3) is 0 Å². The van der Waals surface area contributed by atoms with E-state index in [0.717, 1.165) is 49.2 Å². The molecule has 6 rings (SSSR count). The number of para-hydroxylation sites is 1. The van der Waals surface area contributed by atoms with Gasteiger partial charge >= 0.3 is 0 Å². The summed E-state index contributed by atoms with van der Waals surface area (Å²) in [5.74, 6) is 2.62. The third-order valence-corrected chi connectivity index (χ3v) is 12.7. The van der Waals surface area contributed by atoms with Gasteiger partial charge in [0.1, 0.15) is 12.5 Å². The number of nitrogens with zero attached hydrogens (tertiary/aromatic N) is 2. The number of aliphatic imine (C=N–C) groups is 1. The Morgan fingerprint density at radius 3 is 2.65 bits per heavy atom. The number of benzene rings is 2. The molecule has 2 aromatic rings. The third-order valence-electron chi connectivity index (χ3n) is 9.78. The van der Waals surface area contributed by atoms with Crippen LogP contribution in [0.2, 0.25) is 25.7 Å². The summed E-state index contributed by atoms with van der Waals surface area (Å²) in [6.07, 6.45) is 3.50. The van der Waals surface area contributed by atoms with Crippen LogP contribution >= 0.6 is 11.8 Å². The Kier molecular flexibility index (Phi) is 9.53. The fraction of sp³-hybridized carbons (Fsp3) is 0.571. The Labute approximate surface area is 263 Å². The van der Waals surface area contributed by atoms with E-state index in [1.165, 1.54) is 22.5 Å².